The Hall–Kier alpha value is -1.82. The zero-order valence-electron chi connectivity index (χ0n) is 11.5. The van der Waals surface area contributed by atoms with Gasteiger partial charge < -0.3 is 15.8 Å². The average molecular weight is 263 g/mol. The van der Waals surface area contributed by atoms with E-state index in [2.05, 4.69) is 33.8 Å². The molecule has 2 rings (SSSR count). The van der Waals surface area contributed by atoms with Gasteiger partial charge >= 0.3 is 0 Å². The minimum atomic E-state index is 0.0436. The standard InChI is InChI=1S/C13H21N5O/c1-3-17-7-8-18(9-10(17)2)12-6-4-5-11(15-12)13(14)16-19/h4-6,10,19H,3,7-9H2,1-2H3,(H2,14,16). The summed E-state index contributed by atoms with van der Waals surface area (Å²) in [6.07, 6.45) is 0. The minimum absolute atomic E-state index is 0.0436. The van der Waals surface area contributed by atoms with E-state index in [-0.39, 0.29) is 5.84 Å². The number of piperazine rings is 1. The summed E-state index contributed by atoms with van der Waals surface area (Å²) in [5.41, 5.74) is 6.08. The Labute approximate surface area is 113 Å². The Balaban J connectivity index is 2.15. The molecule has 2 heterocycles. The van der Waals surface area contributed by atoms with Crippen molar-refractivity contribution in [3.05, 3.63) is 23.9 Å². The van der Waals surface area contributed by atoms with Crippen molar-refractivity contribution in [3.63, 3.8) is 0 Å². The van der Waals surface area contributed by atoms with Crippen LogP contribution in [0.15, 0.2) is 23.4 Å². The molecule has 6 heteroatoms. The summed E-state index contributed by atoms with van der Waals surface area (Å²) in [6.45, 7) is 8.41. The van der Waals surface area contributed by atoms with Crippen LogP contribution in [0.4, 0.5) is 5.82 Å². The van der Waals surface area contributed by atoms with Gasteiger partial charge in [0.25, 0.3) is 0 Å². The monoisotopic (exact) mass is 263 g/mol. The molecule has 0 aromatic carbocycles. The van der Waals surface area contributed by atoms with Gasteiger partial charge in [-0.05, 0) is 25.6 Å². The lowest BCUT2D eigenvalue weighted by Crippen LogP contribution is -2.52. The SMILES string of the molecule is CCN1CCN(c2cccc(C(N)=NO)n2)CC1C. The number of oxime groups is 1. The van der Waals surface area contributed by atoms with E-state index < -0.39 is 0 Å². The van der Waals surface area contributed by atoms with Gasteiger partial charge in [-0.2, -0.15) is 0 Å². The molecule has 1 aromatic heterocycles. The van der Waals surface area contributed by atoms with Crippen LogP contribution in [0.2, 0.25) is 0 Å². The maximum absolute atomic E-state index is 8.70. The van der Waals surface area contributed by atoms with Crippen LogP contribution in [0.1, 0.15) is 19.5 Å². The summed E-state index contributed by atoms with van der Waals surface area (Å²) >= 11 is 0. The Bertz CT molecular complexity index is 462. The Kier molecular flexibility index (Phi) is 4.21. The highest BCUT2D eigenvalue weighted by Gasteiger charge is 2.23. The number of anilines is 1. The van der Waals surface area contributed by atoms with Gasteiger partial charge in [-0.3, -0.25) is 4.90 Å². The van der Waals surface area contributed by atoms with Crippen molar-refractivity contribution in [1.82, 2.24) is 9.88 Å². The maximum atomic E-state index is 8.70. The summed E-state index contributed by atoms with van der Waals surface area (Å²) in [4.78, 5) is 9.13. The van der Waals surface area contributed by atoms with Gasteiger partial charge in [-0.25, -0.2) is 4.98 Å². The number of likely N-dealkylation sites (N-methyl/N-ethyl adjacent to an activating group) is 1. The molecular formula is C13H21N5O. The maximum Gasteiger partial charge on any atom is 0.188 e. The van der Waals surface area contributed by atoms with Gasteiger partial charge in [-0.1, -0.05) is 18.1 Å². The zero-order valence-corrected chi connectivity index (χ0v) is 11.5. The number of pyridine rings is 1. The number of amidine groups is 1. The molecule has 3 N–H and O–H groups in total. The van der Waals surface area contributed by atoms with Crippen LogP contribution in [0.3, 0.4) is 0 Å². The Morgan fingerprint density at radius 3 is 2.95 bits per heavy atom. The number of nitrogens with two attached hydrogens (primary N) is 1. The summed E-state index contributed by atoms with van der Waals surface area (Å²) in [5.74, 6) is 0.925. The highest BCUT2D eigenvalue weighted by Crippen LogP contribution is 2.17. The molecular weight excluding hydrogens is 242 g/mol. The molecule has 19 heavy (non-hydrogen) atoms. The molecule has 104 valence electrons. The molecule has 0 bridgehead atoms. The van der Waals surface area contributed by atoms with Gasteiger partial charge in [0, 0.05) is 25.7 Å². The van der Waals surface area contributed by atoms with Crippen LogP contribution in [0.25, 0.3) is 0 Å². The fourth-order valence-corrected chi connectivity index (χ4v) is 2.47. The van der Waals surface area contributed by atoms with Crippen LogP contribution in [-0.2, 0) is 0 Å². The van der Waals surface area contributed by atoms with E-state index in [1.54, 1.807) is 6.07 Å². The molecule has 0 radical (unpaired) electrons. The lowest BCUT2D eigenvalue weighted by Gasteiger charge is -2.40. The largest absolute Gasteiger partial charge is 0.409 e. The summed E-state index contributed by atoms with van der Waals surface area (Å²) in [5, 5.41) is 11.7. The highest BCUT2D eigenvalue weighted by molar-refractivity contribution is 5.95. The van der Waals surface area contributed by atoms with Crippen LogP contribution in [0.5, 0.6) is 0 Å². The molecule has 1 aliphatic heterocycles. The van der Waals surface area contributed by atoms with Crippen molar-refractivity contribution in [2.45, 2.75) is 19.9 Å². The van der Waals surface area contributed by atoms with E-state index >= 15 is 0 Å². The molecule has 1 unspecified atom stereocenters. The summed E-state index contributed by atoms with van der Waals surface area (Å²) in [6, 6.07) is 6.09. The second kappa shape index (κ2) is 5.88. The van der Waals surface area contributed by atoms with Gasteiger partial charge in [0.15, 0.2) is 5.84 Å². The van der Waals surface area contributed by atoms with E-state index in [4.69, 9.17) is 10.9 Å². The smallest absolute Gasteiger partial charge is 0.188 e. The number of hydrogen-bond acceptors (Lipinski definition) is 5. The predicted molar refractivity (Wildman–Crippen MR) is 75.7 cm³/mol. The van der Waals surface area contributed by atoms with E-state index in [9.17, 15) is 0 Å². The molecule has 0 spiro atoms. The second-order valence-corrected chi connectivity index (χ2v) is 4.79. The van der Waals surface area contributed by atoms with Crippen molar-refractivity contribution in [2.24, 2.45) is 10.9 Å². The third-order valence-electron chi connectivity index (χ3n) is 3.60. The van der Waals surface area contributed by atoms with E-state index in [1.807, 2.05) is 12.1 Å². The fraction of sp³-hybridized carbons (Fsp3) is 0.538. The van der Waals surface area contributed by atoms with Crippen molar-refractivity contribution >= 4 is 11.7 Å². The molecule has 0 amide bonds. The van der Waals surface area contributed by atoms with Crippen LogP contribution < -0.4 is 10.6 Å². The third-order valence-corrected chi connectivity index (χ3v) is 3.60. The van der Waals surface area contributed by atoms with Crippen molar-refractivity contribution in [1.29, 1.82) is 0 Å². The molecule has 1 atom stereocenters. The van der Waals surface area contributed by atoms with E-state index in [0.717, 1.165) is 32.0 Å². The summed E-state index contributed by atoms with van der Waals surface area (Å²) in [7, 11) is 0. The highest BCUT2D eigenvalue weighted by atomic mass is 16.4. The normalized spacial score (nSPS) is 21.7. The summed E-state index contributed by atoms with van der Waals surface area (Å²) < 4.78 is 0. The molecule has 0 aliphatic carbocycles. The lowest BCUT2D eigenvalue weighted by atomic mass is 10.2. The lowest BCUT2D eigenvalue weighted by molar-refractivity contribution is 0.199. The average Bonchev–Trinajstić information content (AvgIpc) is 2.46. The third kappa shape index (κ3) is 2.96. The van der Waals surface area contributed by atoms with Crippen molar-refractivity contribution in [3.8, 4) is 0 Å². The van der Waals surface area contributed by atoms with Crippen LogP contribution in [0, 0.1) is 0 Å². The quantitative estimate of drug-likeness (QED) is 0.363. The molecule has 1 saturated heterocycles. The number of aromatic nitrogens is 1. The molecule has 6 nitrogen and oxygen atoms in total. The zero-order chi connectivity index (χ0) is 13.8. The molecule has 1 aliphatic rings. The van der Waals surface area contributed by atoms with Crippen molar-refractivity contribution in [2.75, 3.05) is 31.1 Å². The first-order valence-corrected chi connectivity index (χ1v) is 6.59. The number of hydrogen-bond donors (Lipinski definition) is 2. The first kappa shape index (κ1) is 13.6. The first-order valence-electron chi connectivity index (χ1n) is 6.59. The van der Waals surface area contributed by atoms with Crippen LogP contribution >= 0.6 is 0 Å². The Morgan fingerprint density at radius 1 is 1.53 bits per heavy atom. The van der Waals surface area contributed by atoms with Gasteiger partial charge in [0.1, 0.15) is 11.5 Å². The topological polar surface area (TPSA) is 78.0 Å². The molecule has 1 fully saturated rings. The predicted octanol–water partition coefficient (Wildman–Crippen LogP) is 0.707. The van der Waals surface area contributed by atoms with Gasteiger partial charge in [0.2, 0.25) is 0 Å². The van der Waals surface area contributed by atoms with Gasteiger partial charge in [0.05, 0.1) is 0 Å². The van der Waals surface area contributed by atoms with E-state index in [1.165, 1.54) is 0 Å². The number of nitrogens with zero attached hydrogens (tertiary/aromatic N) is 4. The van der Waals surface area contributed by atoms with Crippen LogP contribution in [-0.4, -0.2) is 53.1 Å². The fourth-order valence-electron chi connectivity index (χ4n) is 2.47. The molecule has 0 saturated carbocycles. The van der Waals surface area contributed by atoms with Crippen molar-refractivity contribution < 1.29 is 5.21 Å². The van der Waals surface area contributed by atoms with Gasteiger partial charge in [-0.15, -0.1) is 0 Å². The number of rotatable bonds is 3. The second-order valence-electron chi connectivity index (χ2n) is 4.79. The Morgan fingerprint density at radius 2 is 2.32 bits per heavy atom. The first-order chi connectivity index (χ1) is 9.15. The molecule has 1 aromatic rings. The van der Waals surface area contributed by atoms with E-state index in [0.29, 0.717) is 11.7 Å². The minimum Gasteiger partial charge on any atom is -0.409 e.